The van der Waals surface area contributed by atoms with E-state index < -0.39 is 0 Å². The van der Waals surface area contributed by atoms with Crippen LogP contribution >= 0.6 is 0 Å². The Balaban J connectivity index is 1.48. The van der Waals surface area contributed by atoms with Crippen LogP contribution in [0.5, 0.6) is 0 Å². The molecular formula is C22H25N3O. The van der Waals surface area contributed by atoms with Crippen molar-refractivity contribution in [3.05, 3.63) is 64.8 Å². The summed E-state index contributed by atoms with van der Waals surface area (Å²) in [6, 6.07) is 14.6. The molecule has 1 aliphatic rings. The van der Waals surface area contributed by atoms with Crippen LogP contribution in [0.4, 0.5) is 5.69 Å². The summed E-state index contributed by atoms with van der Waals surface area (Å²) in [5, 5.41) is 1.10. The van der Waals surface area contributed by atoms with Crippen LogP contribution in [0, 0.1) is 20.8 Å². The van der Waals surface area contributed by atoms with Crippen molar-refractivity contribution < 1.29 is 4.79 Å². The van der Waals surface area contributed by atoms with Gasteiger partial charge in [-0.2, -0.15) is 0 Å². The number of nitrogens with zero attached hydrogens (tertiary/aromatic N) is 2. The first-order valence-corrected chi connectivity index (χ1v) is 9.23. The Morgan fingerprint density at radius 1 is 0.962 bits per heavy atom. The van der Waals surface area contributed by atoms with Gasteiger partial charge in [-0.1, -0.05) is 23.8 Å². The van der Waals surface area contributed by atoms with E-state index in [0.29, 0.717) is 5.69 Å². The molecule has 0 spiro atoms. The number of hydrogen-bond donors (Lipinski definition) is 1. The summed E-state index contributed by atoms with van der Waals surface area (Å²) in [5.74, 6) is 0.0967. The molecule has 4 rings (SSSR count). The largest absolute Gasteiger partial charge is 0.368 e. The number of hydrogen-bond acceptors (Lipinski definition) is 2. The summed E-state index contributed by atoms with van der Waals surface area (Å²) in [6.07, 6.45) is 0. The summed E-state index contributed by atoms with van der Waals surface area (Å²) < 4.78 is 0. The van der Waals surface area contributed by atoms with Gasteiger partial charge in [-0.05, 0) is 56.2 Å². The van der Waals surface area contributed by atoms with Crippen LogP contribution in [0.15, 0.2) is 42.5 Å². The number of amides is 1. The van der Waals surface area contributed by atoms with E-state index in [2.05, 4.69) is 61.0 Å². The van der Waals surface area contributed by atoms with E-state index >= 15 is 0 Å². The van der Waals surface area contributed by atoms with Crippen LogP contribution in [0.2, 0.25) is 0 Å². The molecule has 4 heteroatoms. The number of anilines is 1. The summed E-state index contributed by atoms with van der Waals surface area (Å²) in [7, 11) is 0. The lowest BCUT2D eigenvalue weighted by Crippen LogP contribution is -2.49. The fourth-order valence-corrected chi connectivity index (χ4v) is 3.77. The SMILES string of the molecule is Cc1ccc2[nH]c(C(=O)N3CCN(c4cccc(C)c4C)CC3)cc2c1. The highest BCUT2D eigenvalue weighted by Gasteiger charge is 2.24. The molecule has 0 unspecified atom stereocenters. The fourth-order valence-electron chi connectivity index (χ4n) is 3.77. The number of nitrogens with one attached hydrogen (secondary N) is 1. The first-order valence-electron chi connectivity index (χ1n) is 9.23. The standard InChI is InChI=1S/C22H25N3O/c1-15-7-8-19-18(13-15)14-20(23-19)22(26)25-11-9-24(10-12-25)21-6-4-5-16(2)17(21)3/h4-8,13-14,23H,9-12H2,1-3H3. The number of piperazine rings is 1. The first-order chi connectivity index (χ1) is 12.5. The van der Waals surface area contributed by atoms with Gasteiger partial charge >= 0.3 is 0 Å². The number of carbonyl (C=O) groups is 1. The molecule has 3 aromatic rings. The number of carbonyl (C=O) groups excluding carboxylic acids is 1. The summed E-state index contributed by atoms with van der Waals surface area (Å²) >= 11 is 0. The second kappa shape index (κ2) is 6.52. The van der Waals surface area contributed by atoms with Gasteiger partial charge in [0.15, 0.2) is 0 Å². The maximum atomic E-state index is 12.9. The van der Waals surface area contributed by atoms with Crippen molar-refractivity contribution in [3.8, 4) is 0 Å². The van der Waals surface area contributed by atoms with Gasteiger partial charge in [-0.3, -0.25) is 4.79 Å². The van der Waals surface area contributed by atoms with Crippen LogP contribution < -0.4 is 4.90 Å². The molecule has 0 bridgehead atoms. The van der Waals surface area contributed by atoms with Crippen molar-refractivity contribution in [2.24, 2.45) is 0 Å². The van der Waals surface area contributed by atoms with E-state index in [-0.39, 0.29) is 5.91 Å². The number of H-pyrrole nitrogens is 1. The number of fused-ring (bicyclic) bond motifs is 1. The summed E-state index contributed by atoms with van der Waals surface area (Å²) in [4.78, 5) is 20.5. The number of rotatable bonds is 2. The molecule has 1 aromatic heterocycles. The molecule has 2 heterocycles. The molecule has 1 fully saturated rings. The first kappa shape index (κ1) is 16.7. The number of aryl methyl sites for hydroxylation is 2. The highest BCUT2D eigenvalue weighted by atomic mass is 16.2. The number of benzene rings is 2. The smallest absolute Gasteiger partial charge is 0.270 e. The Hall–Kier alpha value is -2.75. The Labute approximate surface area is 154 Å². The Bertz CT molecular complexity index is 965. The second-order valence-electron chi connectivity index (χ2n) is 7.27. The molecule has 2 aromatic carbocycles. The van der Waals surface area contributed by atoms with Crippen molar-refractivity contribution in [1.82, 2.24) is 9.88 Å². The lowest BCUT2D eigenvalue weighted by atomic mass is 10.1. The van der Waals surface area contributed by atoms with Crippen LogP contribution in [-0.2, 0) is 0 Å². The van der Waals surface area contributed by atoms with Crippen molar-refractivity contribution in [1.29, 1.82) is 0 Å². The zero-order valence-corrected chi connectivity index (χ0v) is 15.7. The number of aromatic amines is 1. The van der Waals surface area contributed by atoms with Gasteiger partial charge in [0.2, 0.25) is 0 Å². The minimum atomic E-state index is 0.0967. The molecule has 26 heavy (non-hydrogen) atoms. The van der Waals surface area contributed by atoms with Crippen molar-refractivity contribution in [3.63, 3.8) is 0 Å². The van der Waals surface area contributed by atoms with E-state index in [0.717, 1.165) is 37.1 Å². The Morgan fingerprint density at radius 3 is 2.50 bits per heavy atom. The molecule has 0 radical (unpaired) electrons. The molecule has 4 nitrogen and oxygen atoms in total. The molecule has 134 valence electrons. The zero-order valence-electron chi connectivity index (χ0n) is 15.7. The fraction of sp³-hybridized carbons (Fsp3) is 0.318. The zero-order chi connectivity index (χ0) is 18.3. The van der Waals surface area contributed by atoms with Crippen molar-refractivity contribution in [2.75, 3.05) is 31.1 Å². The Morgan fingerprint density at radius 2 is 1.73 bits per heavy atom. The predicted molar refractivity (Wildman–Crippen MR) is 107 cm³/mol. The van der Waals surface area contributed by atoms with E-state index in [1.54, 1.807) is 0 Å². The average Bonchev–Trinajstić information content (AvgIpc) is 3.07. The Kier molecular flexibility index (Phi) is 4.19. The molecule has 0 saturated carbocycles. The van der Waals surface area contributed by atoms with Gasteiger partial charge in [-0.15, -0.1) is 0 Å². The third-order valence-corrected chi connectivity index (χ3v) is 5.49. The summed E-state index contributed by atoms with van der Waals surface area (Å²) in [6.45, 7) is 9.64. The molecule has 0 atom stereocenters. The van der Waals surface area contributed by atoms with E-state index in [1.807, 2.05) is 17.0 Å². The van der Waals surface area contributed by atoms with Crippen LogP contribution in [0.1, 0.15) is 27.2 Å². The molecule has 1 saturated heterocycles. The quantitative estimate of drug-likeness (QED) is 0.759. The minimum absolute atomic E-state index is 0.0967. The second-order valence-corrected chi connectivity index (χ2v) is 7.27. The maximum Gasteiger partial charge on any atom is 0.270 e. The third kappa shape index (κ3) is 2.96. The molecule has 1 amide bonds. The van der Waals surface area contributed by atoms with Gasteiger partial charge in [0.25, 0.3) is 5.91 Å². The van der Waals surface area contributed by atoms with Gasteiger partial charge in [0.05, 0.1) is 0 Å². The summed E-state index contributed by atoms with van der Waals surface area (Å²) in [5.41, 5.74) is 6.85. The van der Waals surface area contributed by atoms with Crippen molar-refractivity contribution in [2.45, 2.75) is 20.8 Å². The molecule has 0 aliphatic carbocycles. The topological polar surface area (TPSA) is 39.3 Å². The van der Waals surface area contributed by atoms with E-state index in [4.69, 9.17) is 0 Å². The average molecular weight is 347 g/mol. The predicted octanol–water partition coefficient (Wildman–Crippen LogP) is 4.06. The van der Waals surface area contributed by atoms with Crippen molar-refractivity contribution >= 4 is 22.5 Å². The molecule has 1 aliphatic heterocycles. The highest BCUT2D eigenvalue weighted by Crippen LogP contribution is 2.24. The van der Waals surface area contributed by atoms with Gasteiger partial charge in [-0.25, -0.2) is 0 Å². The van der Waals surface area contributed by atoms with E-state index in [9.17, 15) is 4.79 Å². The normalized spacial score (nSPS) is 14.9. The van der Waals surface area contributed by atoms with Crippen LogP contribution in [-0.4, -0.2) is 42.0 Å². The monoisotopic (exact) mass is 347 g/mol. The van der Waals surface area contributed by atoms with Gasteiger partial charge in [0, 0.05) is 42.8 Å². The lowest BCUT2D eigenvalue weighted by molar-refractivity contribution is 0.0742. The van der Waals surface area contributed by atoms with Gasteiger partial charge < -0.3 is 14.8 Å². The van der Waals surface area contributed by atoms with Gasteiger partial charge in [0.1, 0.15) is 5.69 Å². The molecular weight excluding hydrogens is 322 g/mol. The third-order valence-electron chi connectivity index (χ3n) is 5.49. The minimum Gasteiger partial charge on any atom is -0.368 e. The number of aromatic nitrogens is 1. The lowest BCUT2D eigenvalue weighted by Gasteiger charge is -2.36. The van der Waals surface area contributed by atoms with Crippen LogP contribution in [0.25, 0.3) is 10.9 Å². The maximum absolute atomic E-state index is 12.9. The van der Waals surface area contributed by atoms with Crippen LogP contribution in [0.3, 0.4) is 0 Å². The molecule has 1 N–H and O–H groups in total. The highest BCUT2D eigenvalue weighted by molar-refractivity contribution is 5.98. The van der Waals surface area contributed by atoms with E-state index in [1.165, 1.54) is 22.4 Å².